The number of pyridine rings is 1. The summed E-state index contributed by atoms with van der Waals surface area (Å²) in [4.78, 5) is 19.1. The lowest BCUT2D eigenvalue weighted by Crippen LogP contribution is -2.33. The molecule has 0 saturated carbocycles. The molecule has 4 rings (SSSR count). The molecule has 0 radical (unpaired) electrons. The van der Waals surface area contributed by atoms with Crippen molar-refractivity contribution in [1.29, 1.82) is 0 Å². The third-order valence-electron chi connectivity index (χ3n) is 4.58. The summed E-state index contributed by atoms with van der Waals surface area (Å²) >= 11 is 0. The van der Waals surface area contributed by atoms with Crippen LogP contribution in [0, 0.1) is 13.8 Å². The maximum Gasteiger partial charge on any atom is 0.247 e. The molecular weight excluding hydrogens is 316 g/mol. The molecule has 126 valence electrons. The molecule has 2 aromatic heterocycles. The number of hydrogen-bond acceptors (Lipinski definition) is 5. The lowest BCUT2D eigenvalue weighted by atomic mass is 9.86. The summed E-state index contributed by atoms with van der Waals surface area (Å²) < 4.78 is 5.53. The molecule has 0 atom stereocenters. The van der Waals surface area contributed by atoms with Gasteiger partial charge in [-0.1, -0.05) is 6.07 Å². The number of aromatic nitrogens is 3. The minimum absolute atomic E-state index is 0.0204. The second-order valence-electron chi connectivity index (χ2n) is 6.78. The second-order valence-corrected chi connectivity index (χ2v) is 6.78. The molecule has 1 aliphatic heterocycles. The van der Waals surface area contributed by atoms with E-state index in [0.717, 1.165) is 28.2 Å². The number of amides is 1. The van der Waals surface area contributed by atoms with Crippen molar-refractivity contribution in [2.45, 2.75) is 33.1 Å². The van der Waals surface area contributed by atoms with Gasteiger partial charge >= 0.3 is 0 Å². The molecule has 0 unspecified atom stereocenters. The van der Waals surface area contributed by atoms with Gasteiger partial charge in [0.05, 0.1) is 23.0 Å². The summed E-state index contributed by atoms with van der Waals surface area (Å²) in [6.45, 7) is 7.54. The Morgan fingerprint density at radius 3 is 2.52 bits per heavy atom. The van der Waals surface area contributed by atoms with Gasteiger partial charge in [-0.25, -0.2) is 0 Å². The third-order valence-corrected chi connectivity index (χ3v) is 4.58. The van der Waals surface area contributed by atoms with E-state index >= 15 is 0 Å². The zero-order valence-electron chi connectivity index (χ0n) is 14.6. The molecule has 0 fully saturated rings. The number of carbonyl (C=O) groups excluding carboxylic acids is 1. The van der Waals surface area contributed by atoms with Crippen molar-refractivity contribution in [1.82, 2.24) is 15.2 Å². The maximum absolute atomic E-state index is 13.1. The fourth-order valence-corrected chi connectivity index (χ4v) is 3.14. The van der Waals surface area contributed by atoms with Crippen LogP contribution in [0.3, 0.4) is 0 Å². The van der Waals surface area contributed by atoms with E-state index in [9.17, 15) is 4.79 Å². The molecule has 0 spiro atoms. The Hall–Kier alpha value is -3.02. The van der Waals surface area contributed by atoms with Gasteiger partial charge in [0.1, 0.15) is 0 Å². The fourth-order valence-electron chi connectivity index (χ4n) is 3.14. The molecule has 0 N–H and O–H groups in total. The summed E-state index contributed by atoms with van der Waals surface area (Å²) in [5.74, 6) is 0.970. The van der Waals surface area contributed by atoms with Gasteiger partial charge in [-0.15, -0.1) is 10.2 Å². The van der Waals surface area contributed by atoms with Crippen molar-refractivity contribution in [3.8, 4) is 11.5 Å². The van der Waals surface area contributed by atoms with Crippen LogP contribution in [0.4, 0.5) is 11.4 Å². The Morgan fingerprint density at radius 2 is 1.88 bits per heavy atom. The summed E-state index contributed by atoms with van der Waals surface area (Å²) in [7, 11) is 0. The van der Waals surface area contributed by atoms with Crippen LogP contribution in [0.25, 0.3) is 11.5 Å². The monoisotopic (exact) mass is 334 g/mol. The van der Waals surface area contributed by atoms with E-state index in [1.54, 1.807) is 18.0 Å². The molecule has 1 amide bonds. The Morgan fingerprint density at radius 1 is 1.08 bits per heavy atom. The Bertz CT molecular complexity index is 973. The fraction of sp³-hybridized carbons (Fsp3) is 0.263. The minimum Gasteiger partial charge on any atom is -0.421 e. The number of benzene rings is 1. The highest BCUT2D eigenvalue weighted by molar-refractivity contribution is 6.12. The van der Waals surface area contributed by atoms with E-state index in [1.807, 2.05) is 51.1 Å². The molecule has 3 heterocycles. The standard InChI is InChI=1S/C19H18N4O2/c1-11-5-7-14(10-20-11)23-16-9-13(17-22-21-12(2)25-17)6-8-15(16)19(3,4)18(23)24/h5-10H,1-4H3. The minimum atomic E-state index is -0.608. The molecule has 25 heavy (non-hydrogen) atoms. The van der Waals surface area contributed by atoms with Crippen LogP contribution in [0.15, 0.2) is 40.9 Å². The normalized spacial score (nSPS) is 15.5. The first-order valence-electron chi connectivity index (χ1n) is 8.10. The van der Waals surface area contributed by atoms with Gasteiger partial charge in [0.25, 0.3) is 0 Å². The first kappa shape index (κ1) is 15.5. The van der Waals surface area contributed by atoms with E-state index in [2.05, 4.69) is 15.2 Å². The lowest BCUT2D eigenvalue weighted by Gasteiger charge is -2.20. The van der Waals surface area contributed by atoms with Crippen LogP contribution in [0.5, 0.6) is 0 Å². The molecule has 6 nitrogen and oxygen atoms in total. The third kappa shape index (κ3) is 2.33. The van der Waals surface area contributed by atoms with Crippen LogP contribution in [0.1, 0.15) is 31.0 Å². The van der Waals surface area contributed by atoms with Crippen LogP contribution >= 0.6 is 0 Å². The average molecular weight is 334 g/mol. The number of rotatable bonds is 2. The van der Waals surface area contributed by atoms with Crippen LogP contribution in [-0.4, -0.2) is 21.1 Å². The molecular formula is C19H18N4O2. The van der Waals surface area contributed by atoms with E-state index in [-0.39, 0.29) is 5.91 Å². The highest BCUT2D eigenvalue weighted by Gasteiger charge is 2.44. The van der Waals surface area contributed by atoms with E-state index < -0.39 is 5.41 Å². The van der Waals surface area contributed by atoms with Gasteiger partial charge < -0.3 is 4.42 Å². The van der Waals surface area contributed by atoms with Crippen molar-refractivity contribution < 1.29 is 9.21 Å². The predicted octanol–water partition coefficient (Wildman–Crippen LogP) is 3.70. The molecule has 0 saturated heterocycles. The summed E-state index contributed by atoms with van der Waals surface area (Å²) in [5.41, 5.74) is 3.64. The first-order chi connectivity index (χ1) is 11.9. The number of aryl methyl sites for hydroxylation is 2. The van der Waals surface area contributed by atoms with E-state index in [0.29, 0.717) is 11.8 Å². The van der Waals surface area contributed by atoms with Crippen molar-refractivity contribution >= 4 is 17.3 Å². The Labute approximate surface area is 145 Å². The molecule has 1 aliphatic rings. The average Bonchev–Trinajstić information content (AvgIpc) is 3.10. The largest absolute Gasteiger partial charge is 0.421 e. The van der Waals surface area contributed by atoms with Crippen LogP contribution < -0.4 is 4.90 Å². The molecule has 0 aliphatic carbocycles. The number of fused-ring (bicyclic) bond motifs is 1. The van der Waals surface area contributed by atoms with Crippen molar-refractivity contribution in [3.63, 3.8) is 0 Å². The highest BCUT2D eigenvalue weighted by atomic mass is 16.4. The van der Waals surface area contributed by atoms with Gasteiger partial charge in [-0.3, -0.25) is 14.7 Å². The quantitative estimate of drug-likeness (QED) is 0.714. The SMILES string of the molecule is Cc1ccc(N2C(=O)C(C)(C)c3ccc(-c4nnc(C)o4)cc32)cn1. The van der Waals surface area contributed by atoms with Gasteiger partial charge in [-0.2, -0.15) is 0 Å². The number of nitrogens with zero attached hydrogens (tertiary/aromatic N) is 4. The lowest BCUT2D eigenvalue weighted by molar-refractivity contribution is -0.121. The van der Waals surface area contributed by atoms with Gasteiger partial charge in [0.2, 0.25) is 17.7 Å². The number of hydrogen-bond donors (Lipinski definition) is 0. The Balaban J connectivity index is 1.89. The van der Waals surface area contributed by atoms with Gasteiger partial charge in [0, 0.05) is 18.2 Å². The van der Waals surface area contributed by atoms with Gasteiger partial charge in [-0.05, 0) is 50.6 Å². The molecule has 0 bridgehead atoms. The zero-order valence-corrected chi connectivity index (χ0v) is 14.6. The molecule has 3 aromatic rings. The van der Waals surface area contributed by atoms with Crippen molar-refractivity contribution in [2.75, 3.05) is 4.90 Å². The highest BCUT2D eigenvalue weighted by Crippen LogP contribution is 2.46. The zero-order chi connectivity index (χ0) is 17.8. The molecule has 6 heteroatoms. The van der Waals surface area contributed by atoms with Crippen LogP contribution in [-0.2, 0) is 10.2 Å². The van der Waals surface area contributed by atoms with E-state index in [1.165, 1.54) is 0 Å². The van der Waals surface area contributed by atoms with Gasteiger partial charge in [0.15, 0.2) is 0 Å². The summed E-state index contributed by atoms with van der Waals surface area (Å²) in [5, 5.41) is 7.95. The maximum atomic E-state index is 13.1. The van der Waals surface area contributed by atoms with Crippen molar-refractivity contribution in [3.05, 3.63) is 53.7 Å². The Kier molecular flexibility index (Phi) is 3.25. The van der Waals surface area contributed by atoms with Crippen molar-refractivity contribution in [2.24, 2.45) is 0 Å². The predicted molar refractivity (Wildman–Crippen MR) is 93.6 cm³/mol. The second kappa shape index (κ2) is 5.24. The number of carbonyl (C=O) groups is 1. The molecule has 1 aromatic carbocycles. The van der Waals surface area contributed by atoms with E-state index in [4.69, 9.17) is 4.42 Å². The smallest absolute Gasteiger partial charge is 0.247 e. The first-order valence-corrected chi connectivity index (χ1v) is 8.10. The summed E-state index contributed by atoms with van der Waals surface area (Å²) in [6.07, 6.45) is 1.72. The van der Waals surface area contributed by atoms with Crippen LogP contribution in [0.2, 0.25) is 0 Å². The number of anilines is 2. The topological polar surface area (TPSA) is 72.1 Å². The summed E-state index contributed by atoms with van der Waals surface area (Å²) in [6, 6.07) is 9.62.